The summed E-state index contributed by atoms with van der Waals surface area (Å²) in [6.45, 7) is 4.28. The Kier molecular flexibility index (Phi) is 3.37. The highest BCUT2D eigenvalue weighted by molar-refractivity contribution is 5.76. The van der Waals surface area contributed by atoms with E-state index < -0.39 is 0 Å². The van der Waals surface area contributed by atoms with E-state index in [2.05, 4.69) is 10.2 Å². The minimum Gasteiger partial charge on any atom is -0.342 e. The van der Waals surface area contributed by atoms with E-state index in [-0.39, 0.29) is 0 Å². The van der Waals surface area contributed by atoms with Gasteiger partial charge in [0.1, 0.15) is 0 Å². The summed E-state index contributed by atoms with van der Waals surface area (Å²) in [5, 5.41) is 3.43. The lowest BCUT2D eigenvalue weighted by Gasteiger charge is -2.24. The van der Waals surface area contributed by atoms with Gasteiger partial charge in [0.15, 0.2) is 0 Å². The summed E-state index contributed by atoms with van der Waals surface area (Å²) in [5.74, 6) is 2.61. The highest BCUT2D eigenvalue weighted by Crippen LogP contribution is 2.30. The summed E-state index contributed by atoms with van der Waals surface area (Å²) in [6, 6.07) is 0. The van der Waals surface area contributed by atoms with Crippen molar-refractivity contribution in [1.29, 1.82) is 0 Å². The maximum atomic E-state index is 12.3. The van der Waals surface area contributed by atoms with Gasteiger partial charge in [-0.15, -0.1) is 0 Å². The third kappa shape index (κ3) is 2.49. The number of nitrogens with one attached hydrogen (secondary N) is 1. The van der Waals surface area contributed by atoms with Crippen LogP contribution in [-0.4, -0.2) is 37.0 Å². The van der Waals surface area contributed by atoms with Gasteiger partial charge in [-0.25, -0.2) is 0 Å². The number of nitrogens with zero attached hydrogens (tertiary/aromatic N) is 1. The second kappa shape index (κ2) is 4.97. The SMILES string of the molecule is O=C(CC1CCCCC1)N1CC2CNCC2C1. The van der Waals surface area contributed by atoms with Gasteiger partial charge in [0.2, 0.25) is 5.91 Å². The van der Waals surface area contributed by atoms with E-state index in [0.29, 0.717) is 11.8 Å². The van der Waals surface area contributed by atoms with Gasteiger partial charge in [-0.2, -0.15) is 0 Å². The van der Waals surface area contributed by atoms with Crippen LogP contribution in [0.25, 0.3) is 0 Å². The van der Waals surface area contributed by atoms with Crippen molar-refractivity contribution >= 4 is 5.91 Å². The Hall–Kier alpha value is -0.570. The van der Waals surface area contributed by atoms with Gasteiger partial charge in [0.25, 0.3) is 0 Å². The van der Waals surface area contributed by atoms with Crippen LogP contribution < -0.4 is 5.32 Å². The van der Waals surface area contributed by atoms with Crippen molar-refractivity contribution in [2.24, 2.45) is 17.8 Å². The number of carbonyl (C=O) groups is 1. The summed E-state index contributed by atoms with van der Waals surface area (Å²) in [5.41, 5.74) is 0. The molecule has 0 aromatic rings. The van der Waals surface area contributed by atoms with E-state index in [9.17, 15) is 4.79 Å². The van der Waals surface area contributed by atoms with Crippen molar-refractivity contribution in [3.05, 3.63) is 0 Å². The lowest BCUT2D eigenvalue weighted by molar-refractivity contribution is -0.131. The van der Waals surface area contributed by atoms with Gasteiger partial charge in [0, 0.05) is 32.6 Å². The number of amides is 1. The lowest BCUT2D eigenvalue weighted by Crippen LogP contribution is -2.33. The first-order chi connectivity index (χ1) is 8.33. The molecular formula is C14H24N2O. The Morgan fingerprint density at radius 3 is 2.35 bits per heavy atom. The van der Waals surface area contributed by atoms with Crippen LogP contribution in [0.15, 0.2) is 0 Å². The van der Waals surface area contributed by atoms with Crippen LogP contribution in [0.4, 0.5) is 0 Å². The summed E-state index contributed by atoms with van der Waals surface area (Å²) >= 11 is 0. The van der Waals surface area contributed by atoms with Gasteiger partial charge in [-0.1, -0.05) is 19.3 Å². The standard InChI is InChI=1S/C14H24N2O/c17-14(6-11-4-2-1-3-5-11)16-9-12-7-15-8-13(12)10-16/h11-13,15H,1-10H2. The average molecular weight is 236 g/mol. The van der Waals surface area contributed by atoms with Crippen molar-refractivity contribution in [2.75, 3.05) is 26.2 Å². The maximum absolute atomic E-state index is 12.3. The zero-order valence-electron chi connectivity index (χ0n) is 10.7. The van der Waals surface area contributed by atoms with E-state index in [1.165, 1.54) is 32.1 Å². The van der Waals surface area contributed by atoms with E-state index >= 15 is 0 Å². The zero-order valence-corrected chi connectivity index (χ0v) is 10.7. The van der Waals surface area contributed by atoms with Crippen LogP contribution >= 0.6 is 0 Å². The van der Waals surface area contributed by atoms with Crippen LogP contribution in [0, 0.1) is 17.8 Å². The lowest BCUT2D eigenvalue weighted by atomic mass is 9.87. The Balaban J connectivity index is 1.49. The number of carbonyl (C=O) groups excluding carboxylic acids is 1. The predicted octanol–water partition coefficient (Wildman–Crippen LogP) is 1.63. The van der Waals surface area contributed by atoms with Gasteiger partial charge in [-0.05, 0) is 30.6 Å². The molecule has 3 heteroatoms. The summed E-state index contributed by atoms with van der Waals surface area (Å²) in [7, 11) is 0. The van der Waals surface area contributed by atoms with Gasteiger partial charge >= 0.3 is 0 Å². The fourth-order valence-electron chi connectivity index (χ4n) is 3.83. The highest BCUT2D eigenvalue weighted by atomic mass is 16.2. The molecular weight excluding hydrogens is 212 g/mol. The molecule has 1 N–H and O–H groups in total. The fraction of sp³-hybridized carbons (Fsp3) is 0.929. The topological polar surface area (TPSA) is 32.3 Å². The molecule has 17 heavy (non-hydrogen) atoms. The highest BCUT2D eigenvalue weighted by Gasteiger charge is 2.38. The third-order valence-corrected chi connectivity index (χ3v) is 4.93. The average Bonchev–Trinajstić information content (AvgIpc) is 2.90. The summed E-state index contributed by atoms with van der Waals surface area (Å²) < 4.78 is 0. The Morgan fingerprint density at radius 2 is 1.71 bits per heavy atom. The first kappa shape index (κ1) is 11.5. The molecule has 3 rings (SSSR count). The van der Waals surface area contributed by atoms with Crippen LogP contribution in [-0.2, 0) is 4.79 Å². The molecule has 2 aliphatic heterocycles. The Bertz CT molecular complexity index is 274. The van der Waals surface area contributed by atoms with E-state index in [0.717, 1.165) is 44.4 Å². The van der Waals surface area contributed by atoms with E-state index in [1.807, 2.05) is 0 Å². The Labute approximate surface area is 104 Å². The normalized spacial score (nSPS) is 34.0. The molecule has 3 nitrogen and oxygen atoms in total. The monoisotopic (exact) mass is 236 g/mol. The quantitative estimate of drug-likeness (QED) is 0.790. The number of rotatable bonds is 2. The van der Waals surface area contributed by atoms with Crippen LogP contribution in [0.1, 0.15) is 38.5 Å². The van der Waals surface area contributed by atoms with Crippen molar-refractivity contribution < 1.29 is 4.79 Å². The molecule has 96 valence electrons. The van der Waals surface area contributed by atoms with Crippen molar-refractivity contribution in [3.8, 4) is 0 Å². The van der Waals surface area contributed by atoms with Crippen LogP contribution in [0.2, 0.25) is 0 Å². The second-order valence-electron chi connectivity index (χ2n) is 6.19. The van der Waals surface area contributed by atoms with Gasteiger partial charge in [-0.3, -0.25) is 4.79 Å². The molecule has 3 aliphatic rings. The van der Waals surface area contributed by atoms with Gasteiger partial charge < -0.3 is 10.2 Å². The first-order valence-corrected chi connectivity index (χ1v) is 7.31. The molecule has 0 aromatic carbocycles. The number of hydrogen-bond donors (Lipinski definition) is 1. The van der Waals surface area contributed by atoms with Crippen LogP contribution in [0.5, 0.6) is 0 Å². The number of hydrogen-bond acceptors (Lipinski definition) is 2. The first-order valence-electron chi connectivity index (χ1n) is 7.31. The molecule has 2 heterocycles. The summed E-state index contributed by atoms with van der Waals surface area (Å²) in [4.78, 5) is 14.4. The molecule has 1 aliphatic carbocycles. The molecule has 1 amide bonds. The largest absolute Gasteiger partial charge is 0.342 e. The molecule has 0 spiro atoms. The maximum Gasteiger partial charge on any atom is 0.222 e. The zero-order chi connectivity index (χ0) is 11.7. The summed E-state index contributed by atoms with van der Waals surface area (Å²) in [6.07, 6.45) is 7.46. The minimum atomic E-state index is 0.436. The molecule has 3 fully saturated rings. The molecule has 2 saturated heterocycles. The Morgan fingerprint density at radius 1 is 1.06 bits per heavy atom. The van der Waals surface area contributed by atoms with Crippen molar-refractivity contribution in [3.63, 3.8) is 0 Å². The molecule has 1 saturated carbocycles. The smallest absolute Gasteiger partial charge is 0.222 e. The minimum absolute atomic E-state index is 0.436. The number of fused-ring (bicyclic) bond motifs is 1. The van der Waals surface area contributed by atoms with Crippen molar-refractivity contribution in [1.82, 2.24) is 10.2 Å². The predicted molar refractivity (Wildman–Crippen MR) is 67.6 cm³/mol. The molecule has 0 radical (unpaired) electrons. The van der Waals surface area contributed by atoms with E-state index in [4.69, 9.17) is 0 Å². The van der Waals surface area contributed by atoms with Crippen LogP contribution in [0.3, 0.4) is 0 Å². The number of likely N-dealkylation sites (tertiary alicyclic amines) is 1. The third-order valence-electron chi connectivity index (χ3n) is 4.93. The molecule has 2 unspecified atom stereocenters. The molecule has 0 bridgehead atoms. The van der Waals surface area contributed by atoms with E-state index in [1.54, 1.807) is 0 Å². The van der Waals surface area contributed by atoms with Gasteiger partial charge in [0.05, 0.1) is 0 Å². The fourth-order valence-corrected chi connectivity index (χ4v) is 3.83. The second-order valence-corrected chi connectivity index (χ2v) is 6.19. The molecule has 2 atom stereocenters. The molecule has 0 aromatic heterocycles. The van der Waals surface area contributed by atoms with Crippen molar-refractivity contribution in [2.45, 2.75) is 38.5 Å².